The van der Waals surface area contributed by atoms with Crippen LogP contribution in [0.15, 0.2) is 18.2 Å². The van der Waals surface area contributed by atoms with Crippen LogP contribution in [0.2, 0.25) is 0 Å². The van der Waals surface area contributed by atoms with Gasteiger partial charge in [0.05, 0.1) is 0 Å². The second kappa shape index (κ2) is 18.3. The fourth-order valence-corrected chi connectivity index (χ4v) is 2.05. The predicted molar refractivity (Wildman–Crippen MR) is 86.5 cm³/mol. The minimum Gasteiger partial charge on any atom is -0.665 e. The maximum Gasteiger partial charge on any atom is 1.00 e. The molecule has 4 nitrogen and oxygen atoms in total. The average Bonchev–Trinajstić information content (AvgIpc) is 2.66. The number of fused-ring (bicyclic) bond motifs is 1. The number of nitrogens with zero attached hydrogens (tertiary/aromatic N) is 2. The Kier molecular flexibility index (Phi) is 23.3. The molecule has 24 heavy (non-hydrogen) atoms. The molecule has 2 rings (SSSR count). The number of carbonyl (C=O) groups is 1. The van der Waals surface area contributed by atoms with Crippen LogP contribution >= 0.6 is 0 Å². The first-order valence-electron chi connectivity index (χ1n) is 7.51. The van der Waals surface area contributed by atoms with E-state index in [1.165, 1.54) is 0 Å². The Labute approximate surface area is 235 Å². The molecule has 1 heterocycles. The van der Waals surface area contributed by atoms with E-state index in [1.807, 2.05) is 32.5 Å². The number of hydrogen-bond donors (Lipinski definition) is 0. The van der Waals surface area contributed by atoms with E-state index in [0.29, 0.717) is 24.5 Å². The summed E-state index contributed by atoms with van der Waals surface area (Å²) in [5.74, 6) is 0.642. The summed E-state index contributed by atoms with van der Waals surface area (Å²) >= 11 is 0. The van der Waals surface area contributed by atoms with Gasteiger partial charge in [0.15, 0.2) is 0 Å². The Morgan fingerprint density at radius 2 is 2.04 bits per heavy atom. The predicted octanol–water partition coefficient (Wildman–Crippen LogP) is 0.674. The summed E-state index contributed by atoms with van der Waals surface area (Å²) in [6.07, 6.45) is 1.81. The quantitative estimate of drug-likeness (QED) is 0.349. The number of ether oxygens (including phenoxy) is 1. The van der Waals surface area contributed by atoms with E-state index in [-0.39, 0.29) is 118 Å². The molecule has 0 aliphatic carbocycles. The number of benzene rings is 1. The maximum atomic E-state index is 12.4. The van der Waals surface area contributed by atoms with Crippen molar-refractivity contribution in [2.45, 2.75) is 26.7 Å². The van der Waals surface area contributed by atoms with Crippen molar-refractivity contribution in [2.75, 3.05) is 26.7 Å². The Bertz CT molecular complexity index is 464. The van der Waals surface area contributed by atoms with E-state index in [9.17, 15) is 4.79 Å². The molecule has 0 fully saturated rings. The Morgan fingerprint density at radius 3 is 2.67 bits per heavy atom. The smallest absolute Gasteiger partial charge is 0.665 e. The van der Waals surface area contributed by atoms with Crippen LogP contribution in [0, 0.1) is 13.5 Å². The third-order valence-corrected chi connectivity index (χ3v) is 3.06. The van der Waals surface area contributed by atoms with Gasteiger partial charge in [-0.15, -0.1) is 6.07 Å². The Morgan fingerprint density at radius 1 is 1.38 bits per heavy atom. The zero-order valence-corrected chi connectivity index (χ0v) is 25.9. The molecule has 0 spiro atoms. The summed E-state index contributed by atoms with van der Waals surface area (Å²) in [6.45, 7) is 11.7. The zero-order chi connectivity index (χ0) is 15.7. The standard InChI is InChI=1S/C15H19N2O2.C2H6.Rb.W.Y/c1-12-5-6-14-13(11-12)15(18)17(9-10-19-14)8-4-3-7-16-2;1-2;;;/h5-6,8,11H,1,3-4,7,9-10H2,2H3;1-2H3;;;/q-3;;+1;;. The number of carbonyl (C=O) groups excluding carboxylic acids is 1. The fraction of sp³-hybridized carbons (Fsp3) is 0.471. The van der Waals surface area contributed by atoms with Crippen molar-refractivity contribution in [3.8, 4) is 5.75 Å². The van der Waals surface area contributed by atoms with Gasteiger partial charge in [0.25, 0.3) is 0 Å². The van der Waals surface area contributed by atoms with E-state index in [0.717, 1.165) is 24.9 Å². The minimum absolute atomic E-state index is 0. The molecule has 0 unspecified atom stereocenters. The van der Waals surface area contributed by atoms with Crippen molar-refractivity contribution in [1.29, 1.82) is 0 Å². The van der Waals surface area contributed by atoms with Crippen LogP contribution in [0.5, 0.6) is 5.75 Å². The van der Waals surface area contributed by atoms with Crippen molar-refractivity contribution in [2.24, 2.45) is 0 Å². The van der Waals surface area contributed by atoms with Crippen LogP contribution in [0.25, 0.3) is 5.32 Å². The third kappa shape index (κ3) is 10.3. The molecule has 0 saturated carbocycles. The number of unbranched alkanes of at least 4 members (excludes halogenated alkanes) is 1. The molecule has 0 bridgehead atoms. The summed E-state index contributed by atoms with van der Waals surface area (Å²) < 4.78 is 5.60. The first-order valence-corrected chi connectivity index (χ1v) is 7.51. The van der Waals surface area contributed by atoms with E-state index in [4.69, 9.17) is 4.74 Å². The number of rotatable bonds is 5. The molecule has 1 radical (unpaired) electrons. The van der Waals surface area contributed by atoms with Gasteiger partial charge in [0.2, 0.25) is 5.91 Å². The van der Waals surface area contributed by atoms with E-state index in [2.05, 4.69) is 12.2 Å². The Hall–Kier alpha value is 1.92. The summed E-state index contributed by atoms with van der Waals surface area (Å²) in [7, 11) is 1.80. The van der Waals surface area contributed by atoms with Crippen molar-refractivity contribution >= 4 is 5.91 Å². The van der Waals surface area contributed by atoms with E-state index >= 15 is 0 Å². The molecule has 1 aromatic carbocycles. The average molecular weight is 648 g/mol. The molecule has 1 aliphatic heterocycles. The molecule has 0 saturated heterocycles. The summed E-state index contributed by atoms with van der Waals surface area (Å²) in [5, 5.41) is 4.05. The van der Waals surface area contributed by atoms with Crippen molar-refractivity contribution < 1.29 is 121 Å². The summed E-state index contributed by atoms with van der Waals surface area (Å²) in [4.78, 5) is 14.2. The molecule has 7 heteroatoms. The van der Waals surface area contributed by atoms with Crippen molar-refractivity contribution in [3.63, 3.8) is 0 Å². The fourth-order valence-electron chi connectivity index (χ4n) is 2.05. The SMILES string of the molecule is CC.[CH2-]c1ccc2c(c1)C(=O)N([CH-]CCC[N-]C)CCO2.[Rb+].[W].[Y]. The molecule has 1 amide bonds. The van der Waals surface area contributed by atoms with Gasteiger partial charge in [-0.3, -0.25) is 4.79 Å². The molecule has 0 atom stereocenters. The first-order chi connectivity index (χ1) is 10.2. The zero-order valence-electron chi connectivity index (χ0n) is 15.2. The van der Waals surface area contributed by atoms with Gasteiger partial charge >= 0.3 is 58.2 Å². The number of hydrogen-bond acceptors (Lipinski definition) is 2. The molecule has 0 N–H and O–H groups in total. The molecule has 0 aromatic heterocycles. The normalized spacial score (nSPS) is 12.0. The van der Waals surface area contributed by atoms with Crippen LogP contribution in [0.4, 0.5) is 0 Å². The topological polar surface area (TPSA) is 43.6 Å². The monoisotopic (exact) mass is 647 g/mol. The van der Waals surface area contributed by atoms with Gasteiger partial charge in [-0.25, -0.2) is 6.54 Å². The van der Waals surface area contributed by atoms with Gasteiger partial charge < -0.3 is 15.0 Å². The minimum atomic E-state index is -0.00793. The van der Waals surface area contributed by atoms with Crippen LogP contribution in [0.3, 0.4) is 0 Å². The molecule has 1 aromatic rings. The molecule has 127 valence electrons. The summed E-state index contributed by atoms with van der Waals surface area (Å²) in [5.41, 5.74) is 1.42. The third-order valence-electron chi connectivity index (χ3n) is 3.06. The largest absolute Gasteiger partial charge is 1.00 e. The van der Waals surface area contributed by atoms with Crippen molar-refractivity contribution in [1.82, 2.24) is 4.90 Å². The number of amides is 1. The molecular weight excluding hydrogens is 622 g/mol. The summed E-state index contributed by atoms with van der Waals surface area (Å²) in [6, 6.07) is 5.45. The van der Waals surface area contributed by atoms with Crippen LogP contribution in [0.1, 0.15) is 42.6 Å². The van der Waals surface area contributed by atoms with Crippen molar-refractivity contribution in [3.05, 3.63) is 48.1 Å². The molecular formula is C17H25N2O2RbWY-2. The van der Waals surface area contributed by atoms with Gasteiger partial charge in [-0.2, -0.15) is 38.6 Å². The Balaban J connectivity index is -0.000000850. The van der Waals surface area contributed by atoms with Crippen LogP contribution < -0.4 is 62.9 Å². The first kappa shape index (κ1) is 30.6. The maximum absolute atomic E-state index is 12.4. The van der Waals surface area contributed by atoms with Gasteiger partial charge in [-0.05, 0) is 0 Å². The van der Waals surface area contributed by atoms with Crippen LogP contribution in [-0.4, -0.2) is 37.6 Å². The second-order valence-corrected chi connectivity index (χ2v) is 4.54. The van der Waals surface area contributed by atoms with Crippen LogP contribution in [-0.2, 0) is 53.8 Å². The van der Waals surface area contributed by atoms with Gasteiger partial charge in [0, 0.05) is 65.9 Å². The molecule has 1 aliphatic rings. The van der Waals surface area contributed by atoms with E-state index < -0.39 is 0 Å². The van der Waals surface area contributed by atoms with Gasteiger partial charge in [0.1, 0.15) is 12.4 Å². The second-order valence-electron chi connectivity index (χ2n) is 4.54. The van der Waals surface area contributed by atoms with E-state index in [1.54, 1.807) is 18.0 Å². The van der Waals surface area contributed by atoms with Gasteiger partial charge in [-0.1, -0.05) is 26.3 Å².